The van der Waals surface area contributed by atoms with Gasteiger partial charge in [-0.2, -0.15) is 0 Å². The first-order valence-corrected chi connectivity index (χ1v) is 10.6. The van der Waals surface area contributed by atoms with E-state index in [4.69, 9.17) is 21.1 Å². The molecule has 0 heterocycles. The van der Waals surface area contributed by atoms with Gasteiger partial charge in [-0.3, -0.25) is 0 Å². The van der Waals surface area contributed by atoms with Gasteiger partial charge in [-0.05, 0) is 81.0 Å². The van der Waals surface area contributed by atoms with Gasteiger partial charge in [0.25, 0.3) is 0 Å². The maximum Gasteiger partial charge on any atom is 0.161 e. The molecule has 0 fully saturated rings. The second-order valence-corrected chi connectivity index (χ2v) is 7.60. The van der Waals surface area contributed by atoms with Crippen molar-refractivity contribution in [2.45, 2.75) is 52.2 Å². The van der Waals surface area contributed by atoms with Crippen molar-refractivity contribution in [1.82, 2.24) is 5.32 Å². The summed E-state index contributed by atoms with van der Waals surface area (Å²) in [5.74, 6) is 1.57. The second-order valence-electron chi connectivity index (χ2n) is 7.16. The van der Waals surface area contributed by atoms with Gasteiger partial charge in [-0.25, -0.2) is 0 Å². The van der Waals surface area contributed by atoms with Crippen LogP contribution in [0.1, 0.15) is 50.2 Å². The van der Waals surface area contributed by atoms with Crippen LogP contribution < -0.4 is 14.8 Å². The molecule has 1 aliphatic carbocycles. The van der Waals surface area contributed by atoms with E-state index in [1.165, 1.54) is 31.2 Å². The number of nitrogens with one attached hydrogen (secondary N) is 1. The number of ether oxygens (including phenoxy) is 2. The topological polar surface area (TPSA) is 30.5 Å². The highest BCUT2D eigenvalue weighted by Gasteiger charge is 2.08. The van der Waals surface area contributed by atoms with E-state index in [1.807, 2.05) is 37.3 Å². The van der Waals surface area contributed by atoms with E-state index in [-0.39, 0.29) is 12.4 Å². The summed E-state index contributed by atoms with van der Waals surface area (Å²) in [5, 5.41) is 4.28. The molecule has 5 heteroatoms. The van der Waals surface area contributed by atoms with Gasteiger partial charge in [-0.15, -0.1) is 12.4 Å². The third-order valence-corrected chi connectivity index (χ3v) is 5.20. The first kappa shape index (κ1) is 23.6. The summed E-state index contributed by atoms with van der Waals surface area (Å²) in [6.07, 6.45) is 8.80. The summed E-state index contributed by atoms with van der Waals surface area (Å²) in [6.45, 7) is 4.95. The minimum absolute atomic E-state index is 0. The summed E-state index contributed by atoms with van der Waals surface area (Å²) in [4.78, 5) is 0. The number of rotatable bonds is 10. The molecule has 29 heavy (non-hydrogen) atoms. The highest BCUT2D eigenvalue weighted by molar-refractivity contribution is 6.30. The van der Waals surface area contributed by atoms with E-state index < -0.39 is 0 Å². The zero-order valence-electron chi connectivity index (χ0n) is 17.1. The van der Waals surface area contributed by atoms with Crippen LogP contribution in [-0.2, 0) is 13.2 Å². The lowest BCUT2D eigenvalue weighted by Gasteiger charge is -2.15. The average molecular weight is 436 g/mol. The Morgan fingerprint density at radius 2 is 1.76 bits per heavy atom. The van der Waals surface area contributed by atoms with Crippen LogP contribution in [0.3, 0.4) is 0 Å². The average Bonchev–Trinajstić information content (AvgIpc) is 2.73. The summed E-state index contributed by atoms with van der Waals surface area (Å²) < 4.78 is 11.8. The van der Waals surface area contributed by atoms with E-state index >= 15 is 0 Å². The summed E-state index contributed by atoms with van der Waals surface area (Å²) in [7, 11) is 0. The molecule has 0 aromatic heterocycles. The van der Waals surface area contributed by atoms with Crippen molar-refractivity contribution in [1.29, 1.82) is 0 Å². The van der Waals surface area contributed by atoms with Gasteiger partial charge in [0, 0.05) is 11.6 Å². The zero-order chi connectivity index (χ0) is 19.6. The molecule has 0 aliphatic heterocycles. The lowest BCUT2D eigenvalue weighted by Crippen LogP contribution is -2.15. The molecule has 0 atom stereocenters. The lowest BCUT2D eigenvalue weighted by atomic mass is 9.97. The van der Waals surface area contributed by atoms with Crippen LogP contribution in [0.2, 0.25) is 5.02 Å². The first-order chi connectivity index (χ1) is 13.7. The van der Waals surface area contributed by atoms with Gasteiger partial charge in [0.1, 0.15) is 6.61 Å². The van der Waals surface area contributed by atoms with Crippen molar-refractivity contribution in [3.05, 3.63) is 70.3 Å². The van der Waals surface area contributed by atoms with Crippen LogP contribution in [0.5, 0.6) is 11.5 Å². The number of hydrogen-bond donors (Lipinski definition) is 1. The first-order valence-electron chi connectivity index (χ1n) is 10.3. The summed E-state index contributed by atoms with van der Waals surface area (Å²) in [5.41, 5.74) is 3.90. The second kappa shape index (κ2) is 12.8. The highest BCUT2D eigenvalue weighted by atomic mass is 35.5. The van der Waals surface area contributed by atoms with Crippen molar-refractivity contribution >= 4 is 24.0 Å². The fourth-order valence-corrected chi connectivity index (χ4v) is 3.53. The van der Waals surface area contributed by atoms with E-state index in [2.05, 4.69) is 23.5 Å². The molecule has 0 spiro atoms. The molecule has 0 saturated carbocycles. The number of halogens is 2. The minimum atomic E-state index is 0. The minimum Gasteiger partial charge on any atom is -0.490 e. The number of benzene rings is 2. The number of allylic oxidation sites excluding steroid dienone is 1. The van der Waals surface area contributed by atoms with Gasteiger partial charge in [-0.1, -0.05) is 41.4 Å². The molecule has 0 bridgehead atoms. The smallest absolute Gasteiger partial charge is 0.161 e. The van der Waals surface area contributed by atoms with Gasteiger partial charge >= 0.3 is 0 Å². The molecule has 0 radical (unpaired) electrons. The predicted molar refractivity (Wildman–Crippen MR) is 124 cm³/mol. The normalized spacial score (nSPS) is 13.4. The van der Waals surface area contributed by atoms with Crippen LogP contribution >= 0.6 is 24.0 Å². The van der Waals surface area contributed by atoms with Crippen LogP contribution in [-0.4, -0.2) is 13.2 Å². The zero-order valence-corrected chi connectivity index (χ0v) is 18.7. The Hall–Kier alpha value is -1.68. The molecule has 2 aromatic carbocycles. The van der Waals surface area contributed by atoms with E-state index in [0.717, 1.165) is 41.6 Å². The standard InChI is InChI=1S/C24H30ClNO2.ClH/c1-2-27-24-16-21(17-26-15-14-19-6-4-3-5-7-19)10-13-23(24)28-18-20-8-11-22(25)12-9-20;/h6,8-13,16,26H,2-5,7,14-15,17-18H2,1H3;1H. The number of hydrogen-bond acceptors (Lipinski definition) is 3. The Morgan fingerprint density at radius 1 is 0.966 bits per heavy atom. The molecule has 3 rings (SSSR count). The summed E-state index contributed by atoms with van der Waals surface area (Å²) >= 11 is 5.94. The highest BCUT2D eigenvalue weighted by Crippen LogP contribution is 2.29. The molecule has 1 aliphatic rings. The van der Waals surface area contributed by atoms with Crippen molar-refractivity contribution < 1.29 is 9.47 Å². The summed E-state index contributed by atoms with van der Waals surface area (Å²) in [6, 6.07) is 13.9. The molecule has 0 unspecified atom stereocenters. The van der Waals surface area contributed by atoms with Crippen molar-refractivity contribution in [3.8, 4) is 11.5 Å². The van der Waals surface area contributed by atoms with Crippen LogP contribution in [0.25, 0.3) is 0 Å². The van der Waals surface area contributed by atoms with E-state index in [9.17, 15) is 0 Å². The molecule has 2 aromatic rings. The maximum atomic E-state index is 5.98. The quantitative estimate of drug-likeness (QED) is 0.331. The maximum absolute atomic E-state index is 5.98. The third kappa shape index (κ3) is 7.93. The van der Waals surface area contributed by atoms with Crippen LogP contribution in [0.4, 0.5) is 0 Å². The lowest BCUT2D eigenvalue weighted by molar-refractivity contribution is 0.269. The molecule has 0 amide bonds. The largest absolute Gasteiger partial charge is 0.490 e. The van der Waals surface area contributed by atoms with E-state index in [0.29, 0.717) is 13.2 Å². The molecule has 0 saturated heterocycles. The Labute approximate surface area is 185 Å². The van der Waals surface area contributed by atoms with Gasteiger partial charge < -0.3 is 14.8 Å². The van der Waals surface area contributed by atoms with Crippen LogP contribution in [0, 0.1) is 0 Å². The van der Waals surface area contributed by atoms with Crippen LogP contribution in [0.15, 0.2) is 54.1 Å². The van der Waals surface area contributed by atoms with Crippen molar-refractivity contribution in [2.24, 2.45) is 0 Å². The predicted octanol–water partition coefficient (Wildman–Crippen LogP) is 6.72. The van der Waals surface area contributed by atoms with Crippen molar-refractivity contribution in [2.75, 3.05) is 13.2 Å². The Balaban J connectivity index is 0.00000300. The van der Waals surface area contributed by atoms with E-state index in [1.54, 1.807) is 5.57 Å². The van der Waals surface area contributed by atoms with Crippen molar-refractivity contribution in [3.63, 3.8) is 0 Å². The molecule has 3 nitrogen and oxygen atoms in total. The molecular formula is C24H31Cl2NO2. The Bertz CT molecular complexity index is 775. The SMILES string of the molecule is CCOc1cc(CNCCC2=CCCCC2)ccc1OCc1ccc(Cl)cc1.Cl. The fraction of sp³-hybridized carbons (Fsp3) is 0.417. The molecule has 158 valence electrons. The fourth-order valence-electron chi connectivity index (χ4n) is 3.41. The third-order valence-electron chi connectivity index (χ3n) is 4.95. The van der Waals surface area contributed by atoms with Gasteiger partial charge in [0.15, 0.2) is 11.5 Å². The Kier molecular flexibility index (Phi) is 10.4. The molecular weight excluding hydrogens is 405 g/mol. The van der Waals surface area contributed by atoms with Gasteiger partial charge in [0.2, 0.25) is 0 Å². The Morgan fingerprint density at radius 3 is 2.48 bits per heavy atom. The van der Waals surface area contributed by atoms with Gasteiger partial charge in [0.05, 0.1) is 6.61 Å². The monoisotopic (exact) mass is 435 g/mol. The molecule has 1 N–H and O–H groups in total.